The molecular formula is C15H18N2. The van der Waals surface area contributed by atoms with E-state index in [-0.39, 0.29) is 5.54 Å². The van der Waals surface area contributed by atoms with Crippen LogP contribution in [0.25, 0.3) is 10.9 Å². The molecule has 88 valence electrons. The van der Waals surface area contributed by atoms with Crippen molar-refractivity contribution < 1.29 is 0 Å². The minimum Gasteiger partial charge on any atom is -0.361 e. The molecule has 0 unspecified atom stereocenters. The number of aromatic amines is 1. The van der Waals surface area contributed by atoms with Crippen molar-refractivity contribution in [2.75, 3.05) is 0 Å². The number of para-hydroxylation sites is 1. The quantitative estimate of drug-likeness (QED) is 0.830. The summed E-state index contributed by atoms with van der Waals surface area (Å²) in [4.78, 5) is 3.37. The summed E-state index contributed by atoms with van der Waals surface area (Å²) < 4.78 is 0. The first-order valence-corrected chi connectivity index (χ1v) is 6.56. The number of benzene rings is 1. The monoisotopic (exact) mass is 226 g/mol. The summed E-state index contributed by atoms with van der Waals surface area (Å²) in [5, 5.41) is 1.38. The zero-order valence-electron chi connectivity index (χ0n) is 10.00. The second-order valence-electron chi connectivity index (χ2n) is 5.97. The summed E-state index contributed by atoms with van der Waals surface area (Å²) in [6, 6.07) is 8.57. The van der Waals surface area contributed by atoms with Gasteiger partial charge in [0.05, 0.1) is 0 Å². The van der Waals surface area contributed by atoms with Crippen LogP contribution in [0.15, 0.2) is 30.5 Å². The number of nitrogens with one attached hydrogen (secondary N) is 1. The molecule has 2 aliphatic rings. The van der Waals surface area contributed by atoms with Gasteiger partial charge in [0.2, 0.25) is 0 Å². The summed E-state index contributed by atoms with van der Waals surface area (Å²) in [7, 11) is 0. The Morgan fingerprint density at radius 3 is 2.59 bits per heavy atom. The topological polar surface area (TPSA) is 41.8 Å². The van der Waals surface area contributed by atoms with Crippen molar-refractivity contribution in [3.8, 4) is 0 Å². The fourth-order valence-electron chi connectivity index (χ4n) is 3.31. The van der Waals surface area contributed by atoms with Crippen LogP contribution < -0.4 is 5.73 Å². The van der Waals surface area contributed by atoms with Gasteiger partial charge >= 0.3 is 0 Å². The van der Waals surface area contributed by atoms with Crippen molar-refractivity contribution in [1.29, 1.82) is 0 Å². The molecule has 0 aliphatic heterocycles. The van der Waals surface area contributed by atoms with Crippen molar-refractivity contribution in [1.82, 2.24) is 4.98 Å². The van der Waals surface area contributed by atoms with Gasteiger partial charge in [0.15, 0.2) is 0 Å². The molecule has 2 nitrogen and oxygen atoms in total. The fourth-order valence-corrected chi connectivity index (χ4v) is 3.31. The van der Waals surface area contributed by atoms with Gasteiger partial charge in [-0.1, -0.05) is 18.2 Å². The van der Waals surface area contributed by atoms with Gasteiger partial charge in [0.1, 0.15) is 0 Å². The van der Waals surface area contributed by atoms with Gasteiger partial charge in [-0.2, -0.15) is 0 Å². The van der Waals surface area contributed by atoms with Crippen LogP contribution in [0.2, 0.25) is 0 Å². The summed E-state index contributed by atoms with van der Waals surface area (Å²) in [5.74, 6) is 0. The van der Waals surface area contributed by atoms with Crippen LogP contribution in [-0.2, 0) is 6.42 Å². The lowest BCUT2D eigenvalue weighted by Gasteiger charge is -2.22. The maximum atomic E-state index is 6.44. The highest BCUT2D eigenvalue weighted by Gasteiger charge is 2.62. The van der Waals surface area contributed by atoms with Crippen LogP contribution in [0, 0.1) is 5.41 Å². The Kier molecular flexibility index (Phi) is 1.68. The maximum absolute atomic E-state index is 6.44. The Hall–Kier alpha value is -1.28. The molecule has 0 saturated heterocycles. The van der Waals surface area contributed by atoms with Crippen LogP contribution in [-0.4, -0.2) is 10.5 Å². The molecule has 0 atom stereocenters. The molecule has 0 amide bonds. The van der Waals surface area contributed by atoms with E-state index in [0.29, 0.717) is 5.41 Å². The smallest absolute Gasteiger partial charge is 0.0456 e. The van der Waals surface area contributed by atoms with E-state index in [2.05, 4.69) is 35.4 Å². The molecule has 2 aliphatic carbocycles. The van der Waals surface area contributed by atoms with E-state index in [0.717, 1.165) is 6.42 Å². The minimum absolute atomic E-state index is 0.172. The summed E-state index contributed by atoms with van der Waals surface area (Å²) in [6.45, 7) is 0. The third-order valence-electron chi connectivity index (χ3n) is 4.90. The number of H-pyrrole nitrogens is 1. The number of rotatable bonds is 3. The van der Waals surface area contributed by atoms with Gasteiger partial charge in [-0.15, -0.1) is 0 Å². The zero-order chi connectivity index (χ0) is 11.5. The standard InChI is InChI=1S/C15H18N2/c16-15(7-8-15)14(5-6-14)9-11-10-17-13-4-2-1-3-12(11)13/h1-4,10,17H,5-9,16H2. The van der Waals surface area contributed by atoms with Crippen molar-refractivity contribution >= 4 is 10.9 Å². The van der Waals surface area contributed by atoms with E-state index >= 15 is 0 Å². The van der Waals surface area contributed by atoms with Crippen LogP contribution in [0.4, 0.5) is 0 Å². The molecular weight excluding hydrogens is 208 g/mol. The first-order valence-electron chi connectivity index (χ1n) is 6.56. The Balaban J connectivity index is 1.72. The van der Waals surface area contributed by atoms with Crippen molar-refractivity contribution in [3.05, 3.63) is 36.0 Å². The molecule has 4 rings (SSSR count). The van der Waals surface area contributed by atoms with E-state index in [1.807, 2.05) is 0 Å². The minimum atomic E-state index is 0.172. The molecule has 3 N–H and O–H groups in total. The zero-order valence-corrected chi connectivity index (χ0v) is 10.00. The van der Waals surface area contributed by atoms with Crippen LogP contribution in [0.5, 0.6) is 0 Å². The number of nitrogens with two attached hydrogens (primary N) is 1. The van der Waals surface area contributed by atoms with Gasteiger partial charge in [0, 0.05) is 22.6 Å². The van der Waals surface area contributed by atoms with Crippen molar-refractivity contribution in [2.45, 2.75) is 37.6 Å². The lowest BCUT2D eigenvalue weighted by atomic mass is 9.87. The highest BCUT2D eigenvalue weighted by Crippen LogP contribution is 2.64. The Bertz CT molecular complexity index is 573. The largest absolute Gasteiger partial charge is 0.361 e. The second kappa shape index (κ2) is 2.94. The lowest BCUT2D eigenvalue weighted by Crippen LogP contribution is -2.35. The molecule has 17 heavy (non-hydrogen) atoms. The molecule has 0 spiro atoms. The van der Waals surface area contributed by atoms with Crippen LogP contribution in [0.1, 0.15) is 31.2 Å². The predicted molar refractivity (Wildman–Crippen MR) is 69.8 cm³/mol. The van der Waals surface area contributed by atoms with E-state index in [4.69, 9.17) is 5.73 Å². The SMILES string of the molecule is NC1(C2(Cc3c[nH]c4ccccc34)CC2)CC1. The number of fused-ring (bicyclic) bond motifs is 1. The summed E-state index contributed by atoms with van der Waals surface area (Å²) in [6.07, 6.45) is 8.45. The molecule has 0 radical (unpaired) electrons. The third-order valence-corrected chi connectivity index (χ3v) is 4.90. The van der Waals surface area contributed by atoms with Gasteiger partial charge in [0.25, 0.3) is 0 Å². The number of hydrogen-bond donors (Lipinski definition) is 2. The molecule has 1 aromatic heterocycles. The fraction of sp³-hybridized carbons (Fsp3) is 0.467. The molecule has 0 bridgehead atoms. The Morgan fingerprint density at radius 2 is 1.88 bits per heavy atom. The molecule has 1 aromatic carbocycles. The van der Waals surface area contributed by atoms with E-state index < -0.39 is 0 Å². The molecule has 2 fully saturated rings. The number of aromatic nitrogens is 1. The van der Waals surface area contributed by atoms with E-state index in [1.165, 1.54) is 42.1 Å². The van der Waals surface area contributed by atoms with Crippen molar-refractivity contribution in [2.24, 2.45) is 11.1 Å². The van der Waals surface area contributed by atoms with Crippen LogP contribution in [0.3, 0.4) is 0 Å². The maximum Gasteiger partial charge on any atom is 0.0456 e. The second-order valence-corrected chi connectivity index (χ2v) is 5.97. The highest BCUT2D eigenvalue weighted by atomic mass is 14.9. The van der Waals surface area contributed by atoms with Gasteiger partial charge in [-0.05, 0) is 49.1 Å². The third kappa shape index (κ3) is 1.31. The highest BCUT2D eigenvalue weighted by molar-refractivity contribution is 5.83. The molecule has 2 saturated carbocycles. The molecule has 2 aromatic rings. The van der Waals surface area contributed by atoms with Crippen molar-refractivity contribution in [3.63, 3.8) is 0 Å². The van der Waals surface area contributed by atoms with Crippen LogP contribution >= 0.6 is 0 Å². The van der Waals surface area contributed by atoms with Gasteiger partial charge in [-0.25, -0.2) is 0 Å². The average molecular weight is 226 g/mol. The van der Waals surface area contributed by atoms with Gasteiger partial charge < -0.3 is 10.7 Å². The molecule has 2 heteroatoms. The normalized spacial score (nSPS) is 23.8. The Labute approximate surface area is 101 Å². The van der Waals surface area contributed by atoms with E-state index in [1.54, 1.807) is 0 Å². The van der Waals surface area contributed by atoms with Gasteiger partial charge in [-0.3, -0.25) is 0 Å². The predicted octanol–water partition coefficient (Wildman–Crippen LogP) is 2.98. The van der Waals surface area contributed by atoms with E-state index in [9.17, 15) is 0 Å². The number of hydrogen-bond acceptors (Lipinski definition) is 1. The summed E-state index contributed by atoms with van der Waals surface area (Å²) >= 11 is 0. The lowest BCUT2D eigenvalue weighted by molar-refractivity contribution is 0.377. The first-order chi connectivity index (χ1) is 8.23. The summed E-state index contributed by atoms with van der Waals surface area (Å²) in [5.41, 5.74) is 9.74. The average Bonchev–Trinajstić information content (AvgIpc) is 3.23. The molecule has 1 heterocycles. The first kappa shape index (κ1) is 9.72. The Morgan fingerprint density at radius 1 is 1.12 bits per heavy atom.